The lowest BCUT2D eigenvalue weighted by atomic mass is 9.80. The Morgan fingerprint density at radius 2 is 1.72 bits per heavy atom. The Balaban J connectivity index is 2.02. The highest BCUT2D eigenvalue weighted by Gasteiger charge is 2.49. The lowest BCUT2D eigenvalue weighted by Gasteiger charge is -2.51. The van der Waals surface area contributed by atoms with Gasteiger partial charge in [0.25, 0.3) is 0 Å². The van der Waals surface area contributed by atoms with Crippen molar-refractivity contribution in [2.24, 2.45) is 0 Å². The predicted molar refractivity (Wildman–Crippen MR) is 89.0 cm³/mol. The molecular weight excluding hydrogens is 351 g/mol. The molecule has 2 saturated heterocycles. The van der Waals surface area contributed by atoms with Crippen molar-refractivity contribution in [3.8, 4) is 0 Å². The molecule has 146 valence electrons. The average molecular weight is 380 g/mol. The lowest BCUT2D eigenvalue weighted by Crippen LogP contribution is -2.62. The molecule has 2 aliphatic rings. The second-order valence-corrected chi connectivity index (χ2v) is 9.35. The van der Waals surface area contributed by atoms with Gasteiger partial charge < -0.3 is 9.79 Å². The summed E-state index contributed by atoms with van der Waals surface area (Å²) < 4.78 is 16.0. The smallest absolute Gasteiger partial charge is 0.303 e. The van der Waals surface area contributed by atoms with Crippen molar-refractivity contribution in [3.05, 3.63) is 0 Å². The van der Waals surface area contributed by atoms with Gasteiger partial charge in [-0.2, -0.15) is 0 Å². The molecule has 2 N–H and O–H groups in total. The Hall–Kier alpha value is -0.540. The highest BCUT2D eigenvalue weighted by Crippen LogP contribution is 2.46. The maximum atomic E-state index is 12.2. The number of hydroxylamine groups is 2. The summed E-state index contributed by atoms with van der Waals surface area (Å²) in [6, 6.07) is -0.304. The largest absolute Gasteiger partial charge is 0.469 e. The van der Waals surface area contributed by atoms with Gasteiger partial charge >= 0.3 is 13.8 Å². The van der Waals surface area contributed by atoms with Crippen LogP contribution in [0, 0.1) is 0 Å². The van der Waals surface area contributed by atoms with Gasteiger partial charge in [-0.3, -0.25) is 14.3 Å². The van der Waals surface area contributed by atoms with Gasteiger partial charge in [-0.1, -0.05) is 4.99 Å². The minimum Gasteiger partial charge on any atom is -0.303 e. The number of phosphoric acid groups is 1. The molecule has 10 heteroatoms. The van der Waals surface area contributed by atoms with E-state index in [-0.39, 0.29) is 6.04 Å². The average Bonchev–Trinajstić information content (AvgIpc) is 2.79. The number of nitrogens with zero attached hydrogens (tertiary/aromatic N) is 2. The zero-order valence-corrected chi connectivity index (χ0v) is 16.4. The molecule has 9 nitrogen and oxygen atoms in total. The molecule has 0 aliphatic carbocycles. The van der Waals surface area contributed by atoms with Crippen LogP contribution in [0.3, 0.4) is 0 Å². The van der Waals surface area contributed by atoms with E-state index in [2.05, 4.69) is 0 Å². The Morgan fingerprint density at radius 3 is 2.16 bits per heavy atom. The van der Waals surface area contributed by atoms with Gasteiger partial charge in [0.2, 0.25) is 0 Å². The van der Waals surface area contributed by atoms with Gasteiger partial charge in [-0.05, 0) is 67.0 Å². The molecule has 0 saturated carbocycles. The molecule has 2 fully saturated rings. The molecule has 0 aromatic rings. The van der Waals surface area contributed by atoms with Crippen LogP contribution < -0.4 is 0 Å². The van der Waals surface area contributed by atoms with Crippen LogP contribution in [-0.2, 0) is 23.8 Å². The molecule has 1 atom stereocenters. The van der Waals surface area contributed by atoms with Crippen LogP contribution in [0.15, 0.2) is 0 Å². The van der Waals surface area contributed by atoms with Gasteiger partial charge in [0.05, 0.1) is 6.10 Å². The number of hydrogen-bond acceptors (Lipinski definition) is 7. The number of likely N-dealkylation sites (tertiary alicyclic amines) is 1. The fourth-order valence-electron chi connectivity index (χ4n) is 3.98. The van der Waals surface area contributed by atoms with Gasteiger partial charge in [0, 0.05) is 11.1 Å². The molecule has 2 heterocycles. The fourth-order valence-corrected chi connectivity index (χ4v) is 4.52. The molecule has 0 aromatic carbocycles. The Kier molecular flexibility index (Phi) is 6.01. The summed E-state index contributed by atoms with van der Waals surface area (Å²) in [6.07, 6.45) is 1.70. The predicted octanol–water partition coefficient (Wildman–Crippen LogP) is 1.60. The van der Waals surface area contributed by atoms with Crippen molar-refractivity contribution in [2.45, 2.75) is 76.6 Å². The van der Waals surface area contributed by atoms with Crippen LogP contribution in [0.4, 0.5) is 0 Å². The molecule has 25 heavy (non-hydrogen) atoms. The van der Waals surface area contributed by atoms with E-state index in [9.17, 15) is 9.36 Å². The quantitative estimate of drug-likeness (QED) is 0.417. The summed E-state index contributed by atoms with van der Waals surface area (Å²) in [5.41, 5.74) is -1.30. The number of hydrogen-bond donors (Lipinski definition) is 2. The van der Waals surface area contributed by atoms with E-state index in [1.165, 1.54) is 0 Å². The minimum atomic E-state index is -4.57. The van der Waals surface area contributed by atoms with Gasteiger partial charge in [0.1, 0.15) is 6.04 Å². The van der Waals surface area contributed by atoms with Gasteiger partial charge in [-0.25, -0.2) is 9.36 Å². The summed E-state index contributed by atoms with van der Waals surface area (Å²) in [5, 5.41) is 1.58. The zero-order valence-electron chi connectivity index (χ0n) is 15.5. The minimum absolute atomic E-state index is 0.304. The van der Waals surface area contributed by atoms with Crippen molar-refractivity contribution in [1.82, 2.24) is 9.96 Å². The molecule has 2 rings (SSSR count). The standard InChI is InChI=1S/C15H29N2O7P/c1-14(2)9-11(23-25(19,20)21)10-15(3,4)17(14)24-22-13(18)12-7-6-8-16(12)5/h11-12H,6-10H2,1-5H3,(H2,19,20,21). The maximum Gasteiger partial charge on any atom is 0.469 e. The Bertz CT molecular complexity index is 530. The van der Waals surface area contributed by atoms with E-state index in [1.807, 2.05) is 39.6 Å². The maximum absolute atomic E-state index is 12.2. The second kappa shape index (κ2) is 7.23. The highest BCUT2D eigenvalue weighted by molar-refractivity contribution is 7.46. The summed E-state index contributed by atoms with van der Waals surface area (Å²) in [7, 11) is -2.70. The van der Waals surface area contributed by atoms with Crippen molar-refractivity contribution in [2.75, 3.05) is 13.6 Å². The van der Waals surface area contributed by atoms with Crippen LogP contribution in [0.5, 0.6) is 0 Å². The first-order valence-electron chi connectivity index (χ1n) is 8.45. The van der Waals surface area contributed by atoms with E-state index in [0.717, 1.165) is 19.4 Å². The van der Waals surface area contributed by atoms with Crippen LogP contribution >= 0.6 is 7.82 Å². The van der Waals surface area contributed by atoms with Crippen LogP contribution in [0.25, 0.3) is 0 Å². The lowest BCUT2D eigenvalue weighted by molar-refractivity contribution is -0.453. The molecule has 1 unspecified atom stereocenters. The topological polar surface area (TPSA) is 109 Å². The van der Waals surface area contributed by atoms with Crippen molar-refractivity contribution in [3.63, 3.8) is 0 Å². The molecule has 0 amide bonds. The Morgan fingerprint density at radius 1 is 1.16 bits per heavy atom. The van der Waals surface area contributed by atoms with E-state index in [1.54, 1.807) is 5.06 Å². The molecule has 0 aromatic heterocycles. The first-order chi connectivity index (χ1) is 11.3. The number of carbonyl (C=O) groups excluding carboxylic acids is 1. The zero-order chi connectivity index (χ0) is 19.0. The molecule has 2 aliphatic heterocycles. The van der Waals surface area contributed by atoms with Gasteiger partial charge in [0.15, 0.2) is 0 Å². The SMILES string of the molecule is CN1CCCC1C(=O)OON1C(C)(C)CC(OP(=O)(O)O)CC1(C)C. The van der Waals surface area contributed by atoms with Crippen molar-refractivity contribution in [1.29, 1.82) is 0 Å². The van der Waals surface area contributed by atoms with Crippen LogP contribution in [0.1, 0.15) is 53.4 Å². The summed E-state index contributed by atoms with van der Waals surface area (Å²) in [5.74, 6) is -0.430. The third kappa shape index (κ3) is 5.23. The van der Waals surface area contributed by atoms with Crippen molar-refractivity contribution >= 4 is 13.8 Å². The second-order valence-electron chi connectivity index (χ2n) is 8.16. The molecule has 0 spiro atoms. The third-order valence-corrected chi connectivity index (χ3v) is 5.40. The highest BCUT2D eigenvalue weighted by atomic mass is 31.2. The summed E-state index contributed by atoms with van der Waals surface area (Å²) in [4.78, 5) is 42.8. The van der Waals surface area contributed by atoms with E-state index in [4.69, 9.17) is 24.2 Å². The summed E-state index contributed by atoms with van der Waals surface area (Å²) in [6.45, 7) is 8.24. The van der Waals surface area contributed by atoms with Crippen molar-refractivity contribution < 1.29 is 33.5 Å². The third-order valence-electron chi connectivity index (χ3n) is 4.83. The first kappa shape index (κ1) is 20.8. The number of piperidine rings is 1. The molecule has 0 radical (unpaired) electrons. The molecular formula is C15H29N2O7P. The number of phosphoric ester groups is 1. The van der Waals surface area contributed by atoms with Crippen LogP contribution in [-0.4, -0.2) is 62.5 Å². The monoisotopic (exact) mass is 380 g/mol. The first-order valence-corrected chi connectivity index (χ1v) is 9.98. The summed E-state index contributed by atoms with van der Waals surface area (Å²) >= 11 is 0. The normalized spacial score (nSPS) is 28.2. The fraction of sp³-hybridized carbons (Fsp3) is 0.933. The van der Waals surface area contributed by atoms with Crippen LogP contribution in [0.2, 0.25) is 0 Å². The number of rotatable bonds is 5. The number of likely N-dealkylation sites (N-methyl/N-ethyl adjacent to an activating group) is 1. The van der Waals surface area contributed by atoms with E-state index < -0.39 is 31.0 Å². The van der Waals surface area contributed by atoms with E-state index >= 15 is 0 Å². The number of carbonyl (C=O) groups is 1. The van der Waals surface area contributed by atoms with E-state index in [0.29, 0.717) is 12.8 Å². The van der Waals surface area contributed by atoms with Gasteiger partial charge in [-0.15, -0.1) is 5.06 Å². The Labute approximate surface area is 148 Å². The molecule has 0 bridgehead atoms.